The predicted molar refractivity (Wildman–Crippen MR) is 83.7 cm³/mol. The van der Waals surface area contributed by atoms with E-state index in [4.69, 9.17) is 0 Å². The number of rotatable bonds is 6. The molecule has 4 heteroatoms. The topological polar surface area (TPSA) is 30.9 Å². The quantitative estimate of drug-likeness (QED) is 0.589. The van der Waals surface area contributed by atoms with Crippen molar-refractivity contribution in [1.82, 2.24) is 15.1 Å². The van der Waals surface area contributed by atoms with E-state index < -0.39 is 0 Å². The summed E-state index contributed by atoms with van der Waals surface area (Å²) >= 11 is 0. The van der Waals surface area contributed by atoms with Crippen LogP contribution in [0.4, 0.5) is 0 Å². The lowest BCUT2D eigenvalue weighted by molar-refractivity contribution is 0.352. The number of nitrogens with zero attached hydrogens (tertiary/aromatic N) is 3. The number of hydrogen-bond donors (Lipinski definition) is 1. The van der Waals surface area contributed by atoms with Gasteiger partial charge in [0.2, 0.25) is 0 Å². The zero-order valence-corrected chi connectivity index (χ0v) is 13.4. The molecule has 1 fully saturated rings. The van der Waals surface area contributed by atoms with Gasteiger partial charge in [-0.1, -0.05) is 20.8 Å². The van der Waals surface area contributed by atoms with Gasteiger partial charge in [0, 0.05) is 33.2 Å². The lowest BCUT2D eigenvalue weighted by atomic mass is 9.97. The standard InChI is InChI=1S/C15H32N4/c1-6-18(5)10-8-17-15(16-4)19-9-7-14(12-19)11-13(2)3/h13-14H,6-12H2,1-5H3,(H,16,17). The van der Waals surface area contributed by atoms with Gasteiger partial charge in [0.1, 0.15) is 0 Å². The molecule has 0 aromatic rings. The van der Waals surface area contributed by atoms with Gasteiger partial charge < -0.3 is 15.1 Å². The van der Waals surface area contributed by atoms with Gasteiger partial charge in [-0.3, -0.25) is 4.99 Å². The lowest BCUT2D eigenvalue weighted by Crippen LogP contribution is -2.42. The van der Waals surface area contributed by atoms with Gasteiger partial charge in [-0.05, 0) is 38.3 Å². The van der Waals surface area contributed by atoms with Crippen molar-refractivity contribution >= 4 is 5.96 Å². The van der Waals surface area contributed by atoms with Crippen LogP contribution in [0.2, 0.25) is 0 Å². The molecule has 0 bridgehead atoms. The van der Waals surface area contributed by atoms with Crippen LogP contribution in [0.3, 0.4) is 0 Å². The van der Waals surface area contributed by atoms with Crippen molar-refractivity contribution in [3.05, 3.63) is 0 Å². The number of aliphatic imine (C=N–C) groups is 1. The number of nitrogens with one attached hydrogen (secondary N) is 1. The Morgan fingerprint density at radius 2 is 2.21 bits per heavy atom. The normalized spacial score (nSPS) is 20.7. The van der Waals surface area contributed by atoms with Gasteiger partial charge in [0.15, 0.2) is 5.96 Å². The van der Waals surface area contributed by atoms with Crippen LogP contribution in [0.25, 0.3) is 0 Å². The Morgan fingerprint density at radius 1 is 1.47 bits per heavy atom. The Kier molecular flexibility index (Phi) is 7.21. The molecule has 1 saturated heterocycles. The lowest BCUT2D eigenvalue weighted by Gasteiger charge is -2.23. The average molecular weight is 268 g/mol. The third-order valence-electron chi connectivity index (χ3n) is 3.92. The van der Waals surface area contributed by atoms with Crippen LogP contribution in [0.5, 0.6) is 0 Å². The van der Waals surface area contributed by atoms with E-state index in [0.717, 1.165) is 44.0 Å². The smallest absolute Gasteiger partial charge is 0.193 e. The minimum Gasteiger partial charge on any atom is -0.355 e. The third-order valence-corrected chi connectivity index (χ3v) is 3.92. The molecular formula is C15H32N4. The molecule has 1 aliphatic heterocycles. The van der Waals surface area contributed by atoms with Crippen molar-refractivity contribution in [2.24, 2.45) is 16.8 Å². The maximum absolute atomic E-state index is 4.42. The van der Waals surface area contributed by atoms with E-state index >= 15 is 0 Å². The second-order valence-electron chi connectivity index (χ2n) is 6.10. The van der Waals surface area contributed by atoms with Crippen LogP contribution in [-0.4, -0.2) is 62.6 Å². The maximum atomic E-state index is 4.42. The monoisotopic (exact) mass is 268 g/mol. The van der Waals surface area contributed by atoms with E-state index in [1.54, 1.807) is 0 Å². The highest BCUT2D eigenvalue weighted by molar-refractivity contribution is 5.80. The summed E-state index contributed by atoms with van der Waals surface area (Å²) in [4.78, 5) is 9.15. The zero-order chi connectivity index (χ0) is 14.3. The van der Waals surface area contributed by atoms with Crippen LogP contribution in [0, 0.1) is 11.8 Å². The van der Waals surface area contributed by atoms with E-state index in [1.165, 1.54) is 19.4 Å². The molecule has 0 spiro atoms. The number of likely N-dealkylation sites (N-methyl/N-ethyl adjacent to an activating group) is 1. The summed E-state index contributed by atoms with van der Waals surface area (Å²) in [5.41, 5.74) is 0. The summed E-state index contributed by atoms with van der Waals surface area (Å²) in [5, 5.41) is 3.48. The minimum atomic E-state index is 0.804. The Hall–Kier alpha value is -0.770. The van der Waals surface area contributed by atoms with Crippen LogP contribution < -0.4 is 5.32 Å². The van der Waals surface area contributed by atoms with Crippen molar-refractivity contribution in [2.75, 3.05) is 46.8 Å². The molecular weight excluding hydrogens is 236 g/mol. The highest BCUT2D eigenvalue weighted by Crippen LogP contribution is 2.23. The zero-order valence-electron chi connectivity index (χ0n) is 13.4. The molecule has 19 heavy (non-hydrogen) atoms. The SMILES string of the molecule is CCN(C)CCNC(=NC)N1CCC(CC(C)C)C1. The fourth-order valence-electron chi connectivity index (χ4n) is 2.73. The molecule has 1 heterocycles. The summed E-state index contributed by atoms with van der Waals surface area (Å²) in [6.07, 6.45) is 2.65. The highest BCUT2D eigenvalue weighted by Gasteiger charge is 2.25. The molecule has 1 atom stereocenters. The largest absolute Gasteiger partial charge is 0.355 e. The maximum Gasteiger partial charge on any atom is 0.193 e. The van der Waals surface area contributed by atoms with E-state index in [-0.39, 0.29) is 0 Å². The van der Waals surface area contributed by atoms with Gasteiger partial charge in [-0.15, -0.1) is 0 Å². The van der Waals surface area contributed by atoms with Crippen molar-refractivity contribution in [3.63, 3.8) is 0 Å². The molecule has 0 aromatic carbocycles. The number of hydrogen-bond acceptors (Lipinski definition) is 2. The Labute approximate surface area is 119 Å². The fraction of sp³-hybridized carbons (Fsp3) is 0.933. The van der Waals surface area contributed by atoms with Gasteiger partial charge in [-0.25, -0.2) is 0 Å². The van der Waals surface area contributed by atoms with Crippen molar-refractivity contribution in [2.45, 2.75) is 33.6 Å². The Morgan fingerprint density at radius 3 is 2.79 bits per heavy atom. The second-order valence-corrected chi connectivity index (χ2v) is 6.10. The van der Waals surface area contributed by atoms with E-state index in [0.29, 0.717) is 0 Å². The molecule has 0 radical (unpaired) electrons. The predicted octanol–water partition coefficient (Wildman–Crippen LogP) is 1.88. The Balaban J connectivity index is 2.32. The van der Waals surface area contributed by atoms with Crippen molar-refractivity contribution in [3.8, 4) is 0 Å². The van der Waals surface area contributed by atoms with Crippen molar-refractivity contribution < 1.29 is 0 Å². The van der Waals surface area contributed by atoms with E-state index in [9.17, 15) is 0 Å². The van der Waals surface area contributed by atoms with Crippen LogP contribution in [0.1, 0.15) is 33.6 Å². The molecule has 1 rings (SSSR count). The fourth-order valence-corrected chi connectivity index (χ4v) is 2.73. The van der Waals surface area contributed by atoms with Gasteiger partial charge >= 0.3 is 0 Å². The molecule has 0 aromatic heterocycles. The summed E-state index contributed by atoms with van der Waals surface area (Å²) in [6.45, 7) is 12.3. The highest BCUT2D eigenvalue weighted by atomic mass is 15.3. The van der Waals surface area contributed by atoms with Crippen LogP contribution >= 0.6 is 0 Å². The second kappa shape index (κ2) is 8.41. The molecule has 1 unspecified atom stereocenters. The first kappa shape index (κ1) is 16.3. The van der Waals surface area contributed by atoms with E-state index in [2.05, 4.69) is 47.9 Å². The van der Waals surface area contributed by atoms with Gasteiger partial charge in [0.25, 0.3) is 0 Å². The molecule has 1 N–H and O–H groups in total. The first-order chi connectivity index (χ1) is 9.06. The third kappa shape index (κ3) is 5.81. The number of likely N-dealkylation sites (tertiary alicyclic amines) is 1. The Bertz CT molecular complexity index is 275. The summed E-state index contributed by atoms with van der Waals surface area (Å²) < 4.78 is 0. The van der Waals surface area contributed by atoms with Crippen molar-refractivity contribution in [1.29, 1.82) is 0 Å². The summed E-state index contributed by atoms with van der Waals surface area (Å²) in [7, 11) is 4.04. The summed E-state index contributed by atoms with van der Waals surface area (Å²) in [5.74, 6) is 2.73. The minimum absolute atomic E-state index is 0.804. The van der Waals surface area contributed by atoms with Crippen LogP contribution in [-0.2, 0) is 0 Å². The molecule has 112 valence electrons. The summed E-state index contributed by atoms with van der Waals surface area (Å²) in [6, 6.07) is 0. The first-order valence-corrected chi connectivity index (χ1v) is 7.70. The average Bonchev–Trinajstić information content (AvgIpc) is 2.81. The van der Waals surface area contributed by atoms with Gasteiger partial charge in [-0.2, -0.15) is 0 Å². The van der Waals surface area contributed by atoms with E-state index in [1.807, 2.05) is 7.05 Å². The van der Waals surface area contributed by atoms with Crippen LogP contribution in [0.15, 0.2) is 4.99 Å². The molecule has 0 aliphatic carbocycles. The molecule has 0 saturated carbocycles. The number of guanidine groups is 1. The first-order valence-electron chi connectivity index (χ1n) is 7.70. The molecule has 1 aliphatic rings. The molecule has 0 amide bonds. The van der Waals surface area contributed by atoms with Gasteiger partial charge in [0.05, 0.1) is 0 Å². The molecule has 4 nitrogen and oxygen atoms in total.